The second kappa shape index (κ2) is 11.7. The van der Waals surface area contributed by atoms with Crippen LogP contribution < -0.4 is 15.8 Å². The van der Waals surface area contributed by atoms with Gasteiger partial charge in [0.15, 0.2) is 5.69 Å². The Bertz CT molecular complexity index is 1140. The number of benzene rings is 1. The van der Waals surface area contributed by atoms with Gasteiger partial charge in [0.1, 0.15) is 0 Å². The van der Waals surface area contributed by atoms with Gasteiger partial charge in [0.25, 0.3) is 11.5 Å². The summed E-state index contributed by atoms with van der Waals surface area (Å²) in [5.74, 6) is 0.552. The number of amides is 1. The van der Waals surface area contributed by atoms with Crippen molar-refractivity contribution in [1.82, 2.24) is 30.0 Å². The molecule has 9 heteroatoms. The lowest BCUT2D eigenvalue weighted by molar-refractivity contribution is 0.0946. The van der Waals surface area contributed by atoms with Gasteiger partial charge in [0.2, 0.25) is 5.95 Å². The van der Waals surface area contributed by atoms with Crippen molar-refractivity contribution in [3.05, 3.63) is 58.8 Å². The number of anilines is 1. The zero-order valence-electron chi connectivity index (χ0n) is 19.8. The molecular weight excluding hydrogens is 430 g/mol. The average Bonchev–Trinajstić information content (AvgIpc) is 2.89. The van der Waals surface area contributed by atoms with Gasteiger partial charge in [-0.15, -0.1) is 0 Å². The summed E-state index contributed by atoms with van der Waals surface area (Å²) in [5, 5.41) is 8.60. The van der Waals surface area contributed by atoms with Crippen LogP contribution >= 0.6 is 0 Å². The third-order valence-electron chi connectivity index (χ3n) is 6.20. The Morgan fingerprint density at radius 2 is 1.68 bits per heavy atom. The number of rotatable bonds is 10. The lowest BCUT2D eigenvalue weighted by Gasteiger charge is -2.34. The summed E-state index contributed by atoms with van der Waals surface area (Å²) < 4.78 is 1.45. The molecule has 34 heavy (non-hydrogen) atoms. The molecule has 3 heterocycles. The van der Waals surface area contributed by atoms with E-state index in [-0.39, 0.29) is 11.5 Å². The highest BCUT2D eigenvalue weighted by Gasteiger charge is 2.19. The third kappa shape index (κ3) is 5.77. The van der Waals surface area contributed by atoms with Crippen molar-refractivity contribution in [1.29, 1.82) is 0 Å². The molecule has 0 saturated carbocycles. The Hall–Kier alpha value is -3.33. The van der Waals surface area contributed by atoms with Gasteiger partial charge in [0, 0.05) is 57.0 Å². The number of nitrogens with zero attached hydrogens (tertiary/aromatic N) is 6. The van der Waals surface area contributed by atoms with Gasteiger partial charge in [0.05, 0.1) is 5.39 Å². The van der Waals surface area contributed by atoms with Crippen LogP contribution in [0.3, 0.4) is 0 Å². The normalized spacial score (nSPS) is 14.4. The number of carbonyl (C=O) groups excluding carboxylic acids is 1. The van der Waals surface area contributed by atoms with Crippen LogP contribution in [0.2, 0.25) is 0 Å². The predicted octanol–water partition coefficient (Wildman–Crippen LogP) is 2.32. The average molecular weight is 464 g/mol. The van der Waals surface area contributed by atoms with Crippen molar-refractivity contribution in [3.63, 3.8) is 0 Å². The maximum Gasteiger partial charge on any atom is 0.274 e. The third-order valence-corrected chi connectivity index (χ3v) is 6.20. The Balaban J connectivity index is 1.30. The standard InChI is InChI=1S/C25H33N7O2/c1-2-3-6-15-32-24(34)21-10-5-4-9-20(21)22(29-32)23(33)26-13-8-14-30-16-18-31(19-17-30)25-27-11-7-12-28-25/h4-5,7,9-12H,2-3,6,8,13-19H2,1H3,(H,26,33). The lowest BCUT2D eigenvalue weighted by atomic mass is 10.1. The number of piperazine rings is 1. The molecule has 2 aromatic heterocycles. The number of hydrogen-bond donors (Lipinski definition) is 1. The summed E-state index contributed by atoms with van der Waals surface area (Å²) in [6.45, 7) is 7.80. The van der Waals surface area contributed by atoms with Crippen LogP contribution in [0.4, 0.5) is 5.95 Å². The first-order chi connectivity index (χ1) is 16.7. The molecule has 0 bridgehead atoms. The number of unbranched alkanes of at least 4 members (excludes halogenated alkanes) is 2. The monoisotopic (exact) mass is 463 g/mol. The van der Waals surface area contributed by atoms with Crippen molar-refractivity contribution < 1.29 is 4.79 Å². The van der Waals surface area contributed by atoms with E-state index in [4.69, 9.17) is 0 Å². The smallest absolute Gasteiger partial charge is 0.274 e. The van der Waals surface area contributed by atoms with Gasteiger partial charge in [-0.25, -0.2) is 14.6 Å². The summed E-state index contributed by atoms with van der Waals surface area (Å²) in [6.07, 6.45) is 7.34. The predicted molar refractivity (Wildman–Crippen MR) is 133 cm³/mol. The van der Waals surface area contributed by atoms with E-state index >= 15 is 0 Å². The first-order valence-corrected chi connectivity index (χ1v) is 12.2. The van der Waals surface area contributed by atoms with E-state index in [1.54, 1.807) is 24.5 Å². The zero-order valence-corrected chi connectivity index (χ0v) is 19.8. The molecule has 1 amide bonds. The maximum absolute atomic E-state index is 13.0. The highest BCUT2D eigenvalue weighted by atomic mass is 16.2. The molecule has 1 aliphatic heterocycles. The molecule has 1 saturated heterocycles. The lowest BCUT2D eigenvalue weighted by Crippen LogP contribution is -2.47. The molecule has 0 aliphatic carbocycles. The molecule has 0 radical (unpaired) electrons. The van der Waals surface area contributed by atoms with E-state index in [9.17, 15) is 9.59 Å². The van der Waals surface area contributed by atoms with Crippen LogP contribution in [0, 0.1) is 0 Å². The van der Waals surface area contributed by atoms with Crippen LogP contribution in [-0.4, -0.2) is 69.8 Å². The minimum absolute atomic E-state index is 0.136. The summed E-state index contributed by atoms with van der Waals surface area (Å²) >= 11 is 0. The van der Waals surface area contributed by atoms with Gasteiger partial charge in [-0.1, -0.05) is 38.0 Å². The van der Waals surface area contributed by atoms with Crippen molar-refractivity contribution >= 4 is 22.6 Å². The molecule has 1 aromatic carbocycles. The summed E-state index contributed by atoms with van der Waals surface area (Å²) in [5.41, 5.74) is 0.187. The number of nitrogens with one attached hydrogen (secondary N) is 1. The van der Waals surface area contributed by atoms with Gasteiger partial charge in [-0.3, -0.25) is 14.5 Å². The zero-order chi connectivity index (χ0) is 23.8. The van der Waals surface area contributed by atoms with Gasteiger partial charge in [-0.2, -0.15) is 5.10 Å². The fourth-order valence-corrected chi connectivity index (χ4v) is 4.28. The molecular formula is C25H33N7O2. The Kier molecular flexibility index (Phi) is 8.19. The van der Waals surface area contributed by atoms with Gasteiger partial charge >= 0.3 is 0 Å². The summed E-state index contributed by atoms with van der Waals surface area (Å²) in [6, 6.07) is 9.05. The van der Waals surface area contributed by atoms with Crippen LogP contribution in [0.25, 0.3) is 10.8 Å². The van der Waals surface area contributed by atoms with E-state index in [2.05, 4.69) is 37.1 Å². The SMILES string of the molecule is CCCCCn1nc(C(=O)NCCCN2CCN(c3ncccn3)CC2)c2ccccc2c1=O. The second-order valence-corrected chi connectivity index (χ2v) is 8.62. The number of carbonyl (C=O) groups is 1. The van der Waals surface area contributed by atoms with Gasteiger partial charge in [-0.05, 0) is 31.5 Å². The fourth-order valence-electron chi connectivity index (χ4n) is 4.28. The molecule has 0 unspecified atom stereocenters. The van der Waals surface area contributed by atoms with Crippen LogP contribution in [0.5, 0.6) is 0 Å². The number of aryl methyl sites for hydroxylation is 1. The molecule has 0 spiro atoms. The Morgan fingerprint density at radius 1 is 0.941 bits per heavy atom. The van der Waals surface area contributed by atoms with Crippen molar-refractivity contribution in [2.75, 3.05) is 44.2 Å². The highest BCUT2D eigenvalue weighted by molar-refractivity contribution is 6.04. The molecule has 1 fully saturated rings. The van der Waals surface area contributed by atoms with E-state index in [1.807, 2.05) is 18.2 Å². The molecule has 180 valence electrons. The topological polar surface area (TPSA) is 96.2 Å². The first kappa shape index (κ1) is 23.8. The van der Waals surface area contributed by atoms with Crippen LogP contribution in [0.15, 0.2) is 47.5 Å². The van der Waals surface area contributed by atoms with E-state index in [0.717, 1.165) is 64.4 Å². The quantitative estimate of drug-likeness (QED) is 0.461. The van der Waals surface area contributed by atoms with Crippen LogP contribution in [-0.2, 0) is 6.54 Å². The highest BCUT2D eigenvalue weighted by Crippen LogP contribution is 2.14. The molecule has 1 N–H and O–H groups in total. The van der Waals surface area contributed by atoms with E-state index < -0.39 is 0 Å². The molecule has 9 nitrogen and oxygen atoms in total. The van der Waals surface area contributed by atoms with Crippen LogP contribution in [0.1, 0.15) is 43.1 Å². The first-order valence-electron chi connectivity index (χ1n) is 12.2. The van der Waals surface area contributed by atoms with Crippen molar-refractivity contribution in [2.24, 2.45) is 0 Å². The van der Waals surface area contributed by atoms with Crippen molar-refractivity contribution in [3.8, 4) is 0 Å². The molecule has 1 aliphatic rings. The van der Waals surface area contributed by atoms with E-state index in [0.29, 0.717) is 29.6 Å². The second-order valence-electron chi connectivity index (χ2n) is 8.62. The van der Waals surface area contributed by atoms with Gasteiger partial charge < -0.3 is 10.2 Å². The number of aromatic nitrogens is 4. The fraction of sp³-hybridized carbons (Fsp3) is 0.480. The number of fused-ring (bicyclic) bond motifs is 1. The maximum atomic E-state index is 13.0. The molecule has 3 aromatic rings. The minimum Gasteiger partial charge on any atom is -0.351 e. The van der Waals surface area contributed by atoms with E-state index in [1.165, 1.54) is 4.68 Å². The molecule has 0 atom stereocenters. The Labute approximate surface area is 199 Å². The Morgan fingerprint density at radius 3 is 2.41 bits per heavy atom. The summed E-state index contributed by atoms with van der Waals surface area (Å²) in [4.78, 5) is 39.0. The van der Waals surface area contributed by atoms with Crippen molar-refractivity contribution in [2.45, 2.75) is 39.2 Å². The number of hydrogen-bond acceptors (Lipinski definition) is 7. The minimum atomic E-state index is -0.230. The summed E-state index contributed by atoms with van der Waals surface area (Å²) in [7, 11) is 0. The molecule has 4 rings (SSSR count). The largest absolute Gasteiger partial charge is 0.351 e.